The molecule has 2 amide bonds. The van der Waals surface area contributed by atoms with Crippen LogP contribution in [0.5, 0.6) is 0 Å². The molecule has 0 saturated carbocycles. The maximum atomic E-state index is 12.5. The number of amides is 2. The number of hydrogen-bond donors (Lipinski definition) is 0. The van der Waals surface area contributed by atoms with Crippen molar-refractivity contribution in [2.75, 3.05) is 91.5 Å². The van der Waals surface area contributed by atoms with Crippen LogP contribution in [0, 0.1) is 0 Å². The van der Waals surface area contributed by atoms with Crippen LogP contribution in [0.4, 0.5) is 0 Å². The maximum Gasteiger partial charge on any atom is 0.254 e. The molecular weight excluding hydrogens is 572 g/mol. The van der Waals surface area contributed by atoms with Gasteiger partial charge in [-0.15, -0.1) is 23.5 Å². The number of nitrogens with zero attached hydrogens (tertiary/aromatic N) is 2. The molecule has 0 atom stereocenters. The van der Waals surface area contributed by atoms with Gasteiger partial charge in [-0.3, -0.25) is 9.59 Å². The Morgan fingerprint density at radius 3 is 1.00 bits per heavy atom. The van der Waals surface area contributed by atoms with Gasteiger partial charge < -0.3 is 28.7 Å². The van der Waals surface area contributed by atoms with Crippen molar-refractivity contribution in [1.29, 1.82) is 0 Å². The van der Waals surface area contributed by atoms with Crippen LogP contribution < -0.4 is 0 Å². The summed E-state index contributed by atoms with van der Waals surface area (Å²) < 4.78 is 21.4. The number of thioether (sulfide) groups is 2. The van der Waals surface area contributed by atoms with E-state index in [0.29, 0.717) is 90.2 Å². The first-order valence-electron chi connectivity index (χ1n) is 14.6. The Hall–Kier alpha value is -2.08. The Morgan fingerprint density at radius 2 is 0.786 bits per heavy atom. The van der Waals surface area contributed by atoms with Crippen molar-refractivity contribution >= 4 is 35.3 Å². The Kier molecular flexibility index (Phi) is 22.0. The Balaban J connectivity index is 0.000000420. The van der Waals surface area contributed by atoms with Crippen LogP contribution >= 0.6 is 23.5 Å². The van der Waals surface area contributed by atoms with Gasteiger partial charge in [-0.2, -0.15) is 0 Å². The highest BCUT2D eigenvalue weighted by molar-refractivity contribution is 7.98. The first kappa shape index (κ1) is 37.9. The molecular formula is C32H50N2O6S2. The quantitative estimate of drug-likeness (QED) is 0.135. The normalized spacial score (nSPS) is 10.6. The molecule has 2 aromatic carbocycles. The number of ether oxygens (including phenoxy) is 4. The van der Waals surface area contributed by atoms with Crippen LogP contribution in [0.3, 0.4) is 0 Å². The summed E-state index contributed by atoms with van der Waals surface area (Å²) in [6, 6.07) is 15.4. The van der Waals surface area contributed by atoms with Gasteiger partial charge in [0, 0.05) is 73.5 Å². The molecule has 0 saturated heterocycles. The van der Waals surface area contributed by atoms with Gasteiger partial charge in [-0.1, -0.05) is 0 Å². The van der Waals surface area contributed by atoms with E-state index >= 15 is 0 Å². The summed E-state index contributed by atoms with van der Waals surface area (Å²) in [7, 11) is 0. The lowest BCUT2D eigenvalue weighted by atomic mass is 10.2. The summed E-state index contributed by atoms with van der Waals surface area (Å²) in [5.41, 5.74) is 1.42. The highest BCUT2D eigenvalue weighted by atomic mass is 32.2. The van der Waals surface area contributed by atoms with Crippen molar-refractivity contribution in [2.24, 2.45) is 0 Å². The zero-order valence-corrected chi connectivity index (χ0v) is 27.9. The summed E-state index contributed by atoms with van der Waals surface area (Å²) in [4.78, 5) is 31.0. The summed E-state index contributed by atoms with van der Waals surface area (Å²) >= 11 is 3.33. The second-order valence-corrected chi connectivity index (χ2v) is 10.6. The molecule has 0 aliphatic rings. The first-order chi connectivity index (χ1) is 20.4. The van der Waals surface area contributed by atoms with E-state index in [1.165, 1.54) is 0 Å². The van der Waals surface area contributed by atoms with E-state index in [4.69, 9.17) is 18.9 Å². The highest BCUT2D eigenvalue weighted by Gasteiger charge is 2.16. The third-order valence-corrected chi connectivity index (χ3v) is 7.57. The molecule has 8 nitrogen and oxygen atoms in total. The van der Waals surface area contributed by atoms with E-state index in [0.717, 1.165) is 9.79 Å². The number of carbonyl (C=O) groups is 2. The van der Waals surface area contributed by atoms with Crippen LogP contribution in [0.15, 0.2) is 58.3 Å². The smallest absolute Gasteiger partial charge is 0.254 e. The van der Waals surface area contributed by atoms with Crippen LogP contribution in [0.1, 0.15) is 48.4 Å². The van der Waals surface area contributed by atoms with Gasteiger partial charge in [-0.05, 0) is 88.7 Å². The Labute approximate surface area is 261 Å². The maximum absolute atomic E-state index is 12.5. The molecule has 0 heterocycles. The van der Waals surface area contributed by atoms with Gasteiger partial charge in [0.05, 0.1) is 26.4 Å². The lowest BCUT2D eigenvalue weighted by Gasteiger charge is -2.22. The van der Waals surface area contributed by atoms with Crippen LogP contribution in [-0.2, 0) is 18.9 Å². The first-order valence-corrected chi connectivity index (χ1v) is 17.1. The third-order valence-electron chi connectivity index (χ3n) is 6.09. The zero-order valence-electron chi connectivity index (χ0n) is 26.3. The summed E-state index contributed by atoms with van der Waals surface area (Å²) in [5.74, 6) is 0.0594. The van der Waals surface area contributed by atoms with Crippen LogP contribution in [-0.4, -0.2) is 113 Å². The van der Waals surface area contributed by atoms with E-state index < -0.39 is 0 Å². The van der Waals surface area contributed by atoms with E-state index in [-0.39, 0.29) is 11.8 Å². The fourth-order valence-electron chi connectivity index (χ4n) is 3.74. The van der Waals surface area contributed by atoms with Gasteiger partial charge >= 0.3 is 0 Å². The Morgan fingerprint density at radius 1 is 0.524 bits per heavy atom. The van der Waals surface area contributed by atoms with Crippen molar-refractivity contribution < 1.29 is 28.5 Å². The minimum atomic E-state index is 0.0297. The molecule has 0 spiro atoms. The molecule has 0 N–H and O–H groups in total. The minimum Gasteiger partial charge on any atom is -0.380 e. The van der Waals surface area contributed by atoms with E-state index in [2.05, 4.69) is 0 Å². The van der Waals surface area contributed by atoms with E-state index in [1.54, 1.807) is 33.3 Å². The largest absolute Gasteiger partial charge is 0.380 e. The SMILES string of the molecule is CCOCCN(CCOCC)C(=O)c1ccc(SC)cc1.CCOCCN(CCOCC)C(=O)c1ccc(SC)cc1. The molecule has 0 aromatic heterocycles. The molecule has 0 unspecified atom stereocenters. The molecule has 236 valence electrons. The van der Waals surface area contributed by atoms with Crippen molar-refractivity contribution in [3.8, 4) is 0 Å². The predicted octanol–water partition coefficient (Wildman–Crippen LogP) is 5.85. The van der Waals surface area contributed by atoms with Crippen LogP contribution in [0.25, 0.3) is 0 Å². The number of rotatable bonds is 20. The Bertz CT molecular complexity index is 876. The van der Waals surface area contributed by atoms with Gasteiger partial charge in [0.25, 0.3) is 11.8 Å². The fourth-order valence-corrected chi connectivity index (χ4v) is 4.55. The summed E-state index contributed by atoms with van der Waals surface area (Å²) in [6.07, 6.45) is 4.04. The monoisotopic (exact) mass is 622 g/mol. The molecule has 0 radical (unpaired) electrons. The molecule has 2 aromatic rings. The predicted molar refractivity (Wildman–Crippen MR) is 174 cm³/mol. The summed E-state index contributed by atoms with van der Waals surface area (Å²) in [6.45, 7) is 15.0. The minimum absolute atomic E-state index is 0.0297. The number of hydrogen-bond acceptors (Lipinski definition) is 8. The highest BCUT2D eigenvalue weighted by Crippen LogP contribution is 2.17. The molecule has 2 rings (SSSR count). The van der Waals surface area contributed by atoms with Gasteiger partial charge in [-0.25, -0.2) is 0 Å². The van der Waals surface area contributed by atoms with Crippen molar-refractivity contribution in [2.45, 2.75) is 37.5 Å². The molecule has 10 heteroatoms. The van der Waals surface area contributed by atoms with Crippen LogP contribution in [0.2, 0.25) is 0 Å². The third kappa shape index (κ3) is 15.4. The second-order valence-electron chi connectivity index (χ2n) is 8.83. The van der Waals surface area contributed by atoms with Gasteiger partial charge in [0.15, 0.2) is 0 Å². The van der Waals surface area contributed by atoms with Crippen molar-refractivity contribution in [1.82, 2.24) is 9.80 Å². The van der Waals surface area contributed by atoms with Gasteiger partial charge in [0.1, 0.15) is 0 Å². The standard InChI is InChI=1S/2C16H25NO3S/c2*1-4-19-12-10-17(11-13-20-5-2)16(18)14-6-8-15(21-3)9-7-14/h2*6-9H,4-5,10-13H2,1-3H3. The topological polar surface area (TPSA) is 77.5 Å². The average Bonchev–Trinajstić information content (AvgIpc) is 3.03. The lowest BCUT2D eigenvalue weighted by Crippen LogP contribution is -2.36. The summed E-state index contributed by atoms with van der Waals surface area (Å²) in [5, 5.41) is 0. The van der Waals surface area contributed by atoms with E-state index in [9.17, 15) is 9.59 Å². The number of carbonyl (C=O) groups excluding carboxylic acids is 2. The van der Waals surface area contributed by atoms with Crippen molar-refractivity contribution in [3.05, 3.63) is 59.7 Å². The zero-order chi connectivity index (χ0) is 31.0. The average molecular weight is 623 g/mol. The van der Waals surface area contributed by atoms with Gasteiger partial charge in [0.2, 0.25) is 0 Å². The van der Waals surface area contributed by atoms with E-state index in [1.807, 2.05) is 88.7 Å². The molecule has 0 aliphatic heterocycles. The fraction of sp³-hybridized carbons (Fsp3) is 0.562. The second kappa shape index (κ2) is 24.4. The molecule has 42 heavy (non-hydrogen) atoms. The molecule has 0 bridgehead atoms. The number of benzene rings is 2. The van der Waals surface area contributed by atoms with Crippen molar-refractivity contribution in [3.63, 3.8) is 0 Å². The molecule has 0 aliphatic carbocycles. The molecule has 0 fully saturated rings. The lowest BCUT2D eigenvalue weighted by molar-refractivity contribution is 0.0547.